The van der Waals surface area contributed by atoms with Gasteiger partial charge in [0.2, 0.25) is 5.91 Å². The van der Waals surface area contributed by atoms with Crippen molar-refractivity contribution in [2.75, 3.05) is 20.2 Å². The number of nitrogens with zero attached hydrogens (tertiary/aromatic N) is 1. The summed E-state index contributed by atoms with van der Waals surface area (Å²) < 4.78 is 5.29. The van der Waals surface area contributed by atoms with Crippen LogP contribution in [-0.2, 0) is 4.79 Å². The van der Waals surface area contributed by atoms with Gasteiger partial charge in [0, 0.05) is 18.0 Å². The summed E-state index contributed by atoms with van der Waals surface area (Å²) in [6.45, 7) is 0.412. The quantitative estimate of drug-likeness (QED) is 0.775. The fourth-order valence-corrected chi connectivity index (χ4v) is 5.12. The van der Waals surface area contributed by atoms with Gasteiger partial charge in [-0.15, -0.1) is 0 Å². The lowest BCUT2D eigenvalue weighted by Gasteiger charge is -2.52. The van der Waals surface area contributed by atoms with E-state index < -0.39 is 5.60 Å². The van der Waals surface area contributed by atoms with Crippen LogP contribution in [0.1, 0.15) is 54.1 Å². The molecule has 31 heavy (non-hydrogen) atoms. The van der Waals surface area contributed by atoms with Gasteiger partial charge in [-0.25, -0.2) is 0 Å². The average Bonchev–Trinajstić information content (AvgIpc) is 2.82. The second-order valence-electron chi connectivity index (χ2n) is 8.56. The summed E-state index contributed by atoms with van der Waals surface area (Å²) in [5.41, 5.74) is 0.781. The maximum Gasteiger partial charge on any atom is 0.251 e. The summed E-state index contributed by atoms with van der Waals surface area (Å²) in [4.78, 5) is 27.5. The van der Waals surface area contributed by atoms with Gasteiger partial charge < -0.3 is 20.1 Å². The third-order valence-electron chi connectivity index (χ3n) is 6.78. The highest BCUT2D eigenvalue weighted by molar-refractivity contribution is 5.96. The van der Waals surface area contributed by atoms with Crippen LogP contribution in [0, 0.1) is 5.92 Å². The Kier molecular flexibility index (Phi) is 6.28. The van der Waals surface area contributed by atoms with Crippen molar-refractivity contribution in [3.8, 4) is 5.75 Å². The van der Waals surface area contributed by atoms with Crippen molar-refractivity contribution in [1.82, 2.24) is 10.2 Å². The number of fused-ring (bicyclic) bond motifs is 1. The molecule has 2 aromatic carbocycles. The summed E-state index contributed by atoms with van der Waals surface area (Å²) in [6.07, 6.45) is 4.29. The van der Waals surface area contributed by atoms with E-state index >= 15 is 0 Å². The summed E-state index contributed by atoms with van der Waals surface area (Å²) >= 11 is 0. The van der Waals surface area contributed by atoms with Crippen LogP contribution >= 0.6 is 0 Å². The predicted molar refractivity (Wildman–Crippen MR) is 118 cm³/mol. The number of hydrogen-bond acceptors (Lipinski definition) is 4. The number of methoxy groups -OCH3 is 1. The van der Waals surface area contributed by atoms with Crippen molar-refractivity contribution in [2.24, 2.45) is 5.92 Å². The molecule has 1 heterocycles. The van der Waals surface area contributed by atoms with Crippen LogP contribution in [0.2, 0.25) is 0 Å². The summed E-state index contributed by atoms with van der Waals surface area (Å²) in [7, 11) is 1.63. The third-order valence-corrected chi connectivity index (χ3v) is 6.78. The summed E-state index contributed by atoms with van der Waals surface area (Å²) in [5.74, 6) is 0.350. The number of carbonyl (C=O) groups excluding carboxylic acids is 2. The van der Waals surface area contributed by atoms with E-state index in [4.69, 9.17) is 4.74 Å². The molecule has 0 unspecified atom stereocenters. The number of nitrogens with one attached hydrogen (secondary N) is 1. The van der Waals surface area contributed by atoms with E-state index in [0.717, 1.165) is 37.0 Å². The van der Waals surface area contributed by atoms with Crippen LogP contribution in [0.3, 0.4) is 0 Å². The van der Waals surface area contributed by atoms with Crippen LogP contribution in [0.15, 0.2) is 54.6 Å². The highest BCUT2D eigenvalue weighted by atomic mass is 16.5. The first-order chi connectivity index (χ1) is 15.0. The molecule has 2 fully saturated rings. The maximum atomic E-state index is 13.2. The van der Waals surface area contributed by atoms with Crippen LogP contribution in [0.5, 0.6) is 5.75 Å². The third kappa shape index (κ3) is 4.44. The average molecular weight is 423 g/mol. The van der Waals surface area contributed by atoms with Crippen molar-refractivity contribution >= 4 is 11.8 Å². The molecule has 0 aromatic heterocycles. The summed E-state index contributed by atoms with van der Waals surface area (Å²) in [5, 5.41) is 14.1. The standard InChI is InChI=1S/C25H30N2O4/c1-31-20-12-10-18(11-13-20)23-21-9-5-6-14-25(21,30)15-16-27(23)22(28)17-26-24(29)19-7-3-2-4-8-19/h2-4,7-8,10-13,21,23,30H,5-6,9,14-17H2,1H3,(H,26,29)/t21-,23+,25+/m0/s1. The van der Waals surface area contributed by atoms with Crippen molar-refractivity contribution in [3.63, 3.8) is 0 Å². The second-order valence-corrected chi connectivity index (χ2v) is 8.56. The normalized spacial score (nSPS) is 25.4. The second kappa shape index (κ2) is 9.10. The first-order valence-corrected chi connectivity index (χ1v) is 11.0. The van der Waals surface area contributed by atoms with E-state index in [0.29, 0.717) is 18.5 Å². The SMILES string of the molecule is COc1ccc([C@@H]2[C@@H]3CCCC[C@@]3(O)CCN2C(=O)CNC(=O)c2ccccc2)cc1. The zero-order valence-corrected chi connectivity index (χ0v) is 17.9. The Balaban J connectivity index is 1.55. The Morgan fingerprint density at radius 2 is 1.84 bits per heavy atom. The lowest BCUT2D eigenvalue weighted by atomic mass is 9.66. The predicted octanol–water partition coefficient (Wildman–Crippen LogP) is 3.32. The van der Waals surface area contributed by atoms with E-state index in [2.05, 4.69) is 5.32 Å². The van der Waals surface area contributed by atoms with Crippen molar-refractivity contribution < 1.29 is 19.4 Å². The molecule has 3 atom stereocenters. The van der Waals surface area contributed by atoms with Crippen molar-refractivity contribution in [2.45, 2.75) is 43.7 Å². The first kappa shape index (κ1) is 21.4. The Labute approximate surface area is 183 Å². The molecule has 6 heteroatoms. The number of amides is 2. The maximum absolute atomic E-state index is 13.2. The highest BCUT2D eigenvalue weighted by Gasteiger charge is 2.50. The first-order valence-electron chi connectivity index (χ1n) is 11.0. The van der Waals surface area contributed by atoms with E-state index in [9.17, 15) is 14.7 Å². The Morgan fingerprint density at radius 3 is 2.55 bits per heavy atom. The molecule has 2 aliphatic rings. The number of carbonyl (C=O) groups is 2. The van der Waals surface area contributed by atoms with Gasteiger partial charge >= 0.3 is 0 Å². The minimum atomic E-state index is -0.743. The molecule has 1 saturated carbocycles. The van der Waals surface area contributed by atoms with E-state index in [1.54, 1.807) is 31.4 Å². The zero-order valence-electron chi connectivity index (χ0n) is 17.9. The number of ether oxygens (including phenoxy) is 1. The molecular formula is C25H30N2O4. The fourth-order valence-electron chi connectivity index (χ4n) is 5.12. The molecule has 2 N–H and O–H groups in total. The minimum Gasteiger partial charge on any atom is -0.497 e. The van der Waals surface area contributed by atoms with Crippen LogP contribution in [0.25, 0.3) is 0 Å². The molecule has 1 aliphatic heterocycles. The number of hydrogen-bond donors (Lipinski definition) is 2. The Hall–Kier alpha value is -2.86. The smallest absolute Gasteiger partial charge is 0.251 e. The number of rotatable bonds is 5. The lowest BCUT2D eigenvalue weighted by molar-refractivity contribution is -0.154. The van der Waals surface area contributed by atoms with Crippen LogP contribution < -0.4 is 10.1 Å². The van der Waals surface area contributed by atoms with E-state index in [1.165, 1.54) is 0 Å². The van der Waals surface area contributed by atoms with Gasteiger partial charge in [0.1, 0.15) is 5.75 Å². The van der Waals surface area contributed by atoms with Gasteiger partial charge in [0.15, 0.2) is 0 Å². The molecule has 0 bridgehead atoms. The number of piperidine rings is 1. The number of aliphatic hydroxyl groups is 1. The topological polar surface area (TPSA) is 78.9 Å². The zero-order chi connectivity index (χ0) is 21.8. The molecular weight excluding hydrogens is 392 g/mol. The summed E-state index contributed by atoms with van der Waals surface area (Å²) in [6, 6.07) is 16.4. The largest absolute Gasteiger partial charge is 0.497 e. The van der Waals surface area contributed by atoms with Crippen LogP contribution in [-0.4, -0.2) is 47.6 Å². The van der Waals surface area contributed by atoms with Crippen molar-refractivity contribution in [3.05, 3.63) is 65.7 Å². The van der Waals surface area contributed by atoms with Gasteiger partial charge in [0.05, 0.1) is 25.3 Å². The minimum absolute atomic E-state index is 0.0165. The Morgan fingerprint density at radius 1 is 1.10 bits per heavy atom. The van der Waals surface area contributed by atoms with Gasteiger partial charge in [0.25, 0.3) is 5.91 Å². The molecule has 1 saturated heterocycles. The van der Waals surface area contributed by atoms with Crippen LogP contribution in [0.4, 0.5) is 0 Å². The molecule has 164 valence electrons. The lowest BCUT2D eigenvalue weighted by Crippen LogP contribution is -2.57. The molecule has 2 aromatic rings. The molecule has 1 aliphatic carbocycles. The number of likely N-dealkylation sites (tertiary alicyclic amines) is 1. The molecule has 4 rings (SSSR count). The monoisotopic (exact) mass is 422 g/mol. The van der Waals surface area contributed by atoms with Gasteiger partial charge in [-0.2, -0.15) is 0 Å². The number of benzene rings is 2. The fraction of sp³-hybridized carbons (Fsp3) is 0.440. The Bertz CT molecular complexity index is 915. The van der Waals surface area contributed by atoms with Gasteiger partial charge in [-0.1, -0.05) is 43.2 Å². The van der Waals surface area contributed by atoms with E-state index in [-0.39, 0.29) is 30.3 Å². The highest BCUT2D eigenvalue weighted by Crippen LogP contribution is 2.49. The van der Waals surface area contributed by atoms with Crippen molar-refractivity contribution in [1.29, 1.82) is 0 Å². The molecule has 0 spiro atoms. The molecule has 0 radical (unpaired) electrons. The van der Waals surface area contributed by atoms with E-state index in [1.807, 2.05) is 35.2 Å². The van der Waals surface area contributed by atoms with Gasteiger partial charge in [-0.05, 0) is 49.1 Å². The molecule has 6 nitrogen and oxygen atoms in total. The van der Waals surface area contributed by atoms with Gasteiger partial charge in [-0.3, -0.25) is 9.59 Å². The molecule has 2 amide bonds.